The summed E-state index contributed by atoms with van der Waals surface area (Å²) in [6.07, 6.45) is 1.71. The first-order valence-corrected chi connectivity index (χ1v) is 15.0. The number of esters is 1. The molecule has 4 N–H and O–H groups in total. The predicted molar refractivity (Wildman–Crippen MR) is 162 cm³/mol. The molecule has 2 aliphatic heterocycles. The average Bonchev–Trinajstić information content (AvgIpc) is 3.68. The fourth-order valence-corrected chi connectivity index (χ4v) is 6.97. The number of aliphatic carboxylic acids is 2. The summed E-state index contributed by atoms with van der Waals surface area (Å²) in [6.45, 7) is 4.04. The fourth-order valence-electron chi connectivity index (χ4n) is 4.57. The second-order valence-electron chi connectivity index (χ2n) is 9.65. The fraction of sp³-hybridized carbons (Fsp3) is 0.296. The number of hydrogen-bond acceptors (Lipinski definition) is 13. The number of thioether (sulfide) groups is 1. The van der Waals surface area contributed by atoms with Gasteiger partial charge in [-0.25, -0.2) is 4.98 Å². The largest absolute Gasteiger partial charge is 0.493 e. The van der Waals surface area contributed by atoms with Gasteiger partial charge in [0.1, 0.15) is 30.2 Å². The number of rotatable bonds is 10. The minimum atomic E-state index is -1.30. The quantitative estimate of drug-likeness (QED) is 0.178. The molecule has 0 atom stereocenters. The van der Waals surface area contributed by atoms with Gasteiger partial charge in [-0.1, -0.05) is 28.7 Å². The molecule has 0 fully saturated rings. The zero-order chi connectivity index (χ0) is 31.9. The second-order valence-corrected chi connectivity index (χ2v) is 12.4. The van der Waals surface area contributed by atoms with Gasteiger partial charge in [-0.3, -0.25) is 23.5 Å². The highest BCUT2D eigenvalue weighted by Gasteiger charge is 2.33. The molecular formula is C27H26N4O10S3. The third-order valence-electron chi connectivity index (χ3n) is 6.48. The molecule has 0 saturated carbocycles. The van der Waals surface area contributed by atoms with Crippen LogP contribution in [0.1, 0.15) is 26.5 Å². The van der Waals surface area contributed by atoms with Gasteiger partial charge in [-0.2, -0.15) is 0 Å². The van der Waals surface area contributed by atoms with Crippen molar-refractivity contribution in [2.45, 2.75) is 38.8 Å². The molecule has 17 heteroatoms. The van der Waals surface area contributed by atoms with E-state index in [2.05, 4.69) is 4.98 Å². The number of nitrogens with zero attached hydrogens (tertiary/aromatic N) is 4. The molecule has 44 heavy (non-hydrogen) atoms. The highest BCUT2D eigenvalue weighted by Crippen LogP contribution is 2.52. The zero-order valence-corrected chi connectivity index (χ0v) is 26.0. The van der Waals surface area contributed by atoms with E-state index in [4.69, 9.17) is 26.4 Å². The van der Waals surface area contributed by atoms with Crippen molar-refractivity contribution in [1.82, 2.24) is 14.1 Å². The smallest absolute Gasteiger partial charge is 0.325 e. The van der Waals surface area contributed by atoms with E-state index in [0.717, 1.165) is 25.4 Å². The van der Waals surface area contributed by atoms with E-state index in [1.807, 2.05) is 0 Å². The van der Waals surface area contributed by atoms with Crippen LogP contribution in [0, 0.1) is 3.95 Å². The lowest BCUT2D eigenvalue weighted by Crippen LogP contribution is -2.27. The molecule has 0 saturated heterocycles. The molecule has 0 spiro atoms. The highest BCUT2D eigenvalue weighted by atomic mass is 32.2. The van der Waals surface area contributed by atoms with Gasteiger partial charge in [-0.05, 0) is 39.1 Å². The Morgan fingerprint density at radius 1 is 1.05 bits per heavy atom. The summed E-state index contributed by atoms with van der Waals surface area (Å²) in [4.78, 5) is 42.8. The minimum absolute atomic E-state index is 0.000875. The van der Waals surface area contributed by atoms with Crippen molar-refractivity contribution in [1.29, 1.82) is 0 Å². The third kappa shape index (κ3) is 5.85. The van der Waals surface area contributed by atoms with E-state index in [-0.39, 0.29) is 40.3 Å². The van der Waals surface area contributed by atoms with Crippen LogP contribution in [0.2, 0.25) is 0 Å². The molecule has 14 nitrogen and oxygen atoms in total. The monoisotopic (exact) mass is 662 g/mol. The SMILES string of the molecule is CCOC(=O)CN1C(=CC(=C(C)C)c2nc(-c3sc(=S)n(CC(=O)O)c3O)n(CC(=O)O)c2O)Sc2cc3c(cc21)OCO3. The van der Waals surface area contributed by atoms with E-state index in [1.54, 1.807) is 43.9 Å². The second kappa shape index (κ2) is 12.3. The summed E-state index contributed by atoms with van der Waals surface area (Å²) < 4.78 is 18.2. The summed E-state index contributed by atoms with van der Waals surface area (Å²) in [5.41, 5.74) is 1.77. The minimum Gasteiger partial charge on any atom is -0.493 e. The van der Waals surface area contributed by atoms with Crippen LogP contribution < -0.4 is 14.4 Å². The zero-order valence-electron chi connectivity index (χ0n) is 23.5. The van der Waals surface area contributed by atoms with E-state index >= 15 is 0 Å². The Kier molecular flexibility index (Phi) is 8.62. The Morgan fingerprint density at radius 2 is 1.70 bits per heavy atom. The highest BCUT2D eigenvalue weighted by molar-refractivity contribution is 8.03. The van der Waals surface area contributed by atoms with Crippen LogP contribution in [0.4, 0.5) is 5.69 Å². The molecule has 3 aromatic rings. The number of carboxylic acids is 2. The number of benzene rings is 1. The number of allylic oxidation sites excluding steroid dienone is 3. The van der Waals surface area contributed by atoms with Crippen molar-refractivity contribution < 1.29 is 49.0 Å². The van der Waals surface area contributed by atoms with Gasteiger partial charge in [-0.15, -0.1) is 0 Å². The van der Waals surface area contributed by atoms with Crippen LogP contribution in [-0.4, -0.2) is 72.4 Å². The number of anilines is 1. The summed E-state index contributed by atoms with van der Waals surface area (Å²) in [5, 5.41) is 41.6. The van der Waals surface area contributed by atoms with Crippen molar-refractivity contribution in [2.24, 2.45) is 0 Å². The Bertz CT molecular complexity index is 1820. The first kappa shape index (κ1) is 31.0. The maximum atomic E-state index is 12.6. The molecule has 0 bridgehead atoms. The first-order chi connectivity index (χ1) is 20.9. The van der Waals surface area contributed by atoms with Gasteiger partial charge < -0.3 is 39.5 Å². The van der Waals surface area contributed by atoms with Gasteiger partial charge >= 0.3 is 17.9 Å². The molecule has 0 radical (unpaired) electrons. The number of carbonyl (C=O) groups is 3. The number of aromatic hydroxyl groups is 2. The molecule has 2 aromatic heterocycles. The van der Waals surface area contributed by atoms with E-state index in [0.29, 0.717) is 33.4 Å². The molecular weight excluding hydrogens is 637 g/mol. The number of carboxylic acid groups (broad SMARTS) is 2. The van der Waals surface area contributed by atoms with Crippen molar-refractivity contribution in [3.63, 3.8) is 0 Å². The molecule has 2 aliphatic rings. The number of aromatic nitrogens is 3. The predicted octanol–water partition coefficient (Wildman–Crippen LogP) is 4.26. The summed E-state index contributed by atoms with van der Waals surface area (Å²) >= 11 is 7.39. The molecule has 0 aliphatic carbocycles. The van der Waals surface area contributed by atoms with Gasteiger partial charge in [0.2, 0.25) is 18.6 Å². The van der Waals surface area contributed by atoms with E-state index < -0.39 is 42.8 Å². The Hall–Kier alpha value is -4.48. The van der Waals surface area contributed by atoms with Gasteiger partial charge in [0.05, 0.1) is 17.3 Å². The van der Waals surface area contributed by atoms with Crippen molar-refractivity contribution in [3.05, 3.63) is 38.5 Å². The molecule has 1 aromatic carbocycles. The van der Waals surface area contributed by atoms with Crippen LogP contribution >= 0.6 is 35.3 Å². The van der Waals surface area contributed by atoms with Gasteiger partial charge in [0.15, 0.2) is 21.3 Å². The molecule has 0 amide bonds. The van der Waals surface area contributed by atoms with E-state index in [9.17, 15) is 34.8 Å². The van der Waals surface area contributed by atoms with Crippen LogP contribution in [-0.2, 0) is 32.2 Å². The van der Waals surface area contributed by atoms with Gasteiger partial charge in [0.25, 0.3) is 0 Å². The summed E-state index contributed by atoms with van der Waals surface area (Å²) in [7, 11) is 0. The molecule has 232 valence electrons. The Labute approximate surface area is 263 Å². The van der Waals surface area contributed by atoms with Crippen molar-refractivity contribution >= 4 is 64.5 Å². The lowest BCUT2D eigenvalue weighted by atomic mass is 10.1. The number of thiazole rings is 1. The van der Waals surface area contributed by atoms with Crippen LogP contribution in [0.3, 0.4) is 0 Å². The number of imidazole rings is 1. The molecule has 4 heterocycles. The lowest BCUT2D eigenvalue weighted by molar-refractivity contribution is -0.141. The van der Waals surface area contributed by atoms with Crippen LogP contribution in [0.25, 0.3) is 16.3 Å². The number of fused-ring (bicyclic) bond motifs is 2. The summed E-state index contributed by atoms with van der Waals surface area (Å²) in [6, 6.07) is 3.57. The normalized spacial score (nSPS) is 14.2. The summed E-state index contributed by atoms with van der Waals surface area (Å²) in [5.74, 6) is -3.08. The third-order valence-corrected chi connectivity index (χ3v) is 9.01. The first-order valence-electron chi connectivity index (χ1n) is 13.0. The van der Waals surface area contributed by atoms with Crippen LogP contribution in [0.5, 0.6) is 23.3 Å². The maximum Gasteiger partial charge on any atom is 0.325 e. The number of ether oxygens (including phenoxy) is 3. The Balaban J connectivity index is 1.64. The maximum absolute atomic E-state index is 12.6. The van der Waals surface area contributed by atoms with Gasteiger partial charge in [0, 0.05) is 22.6 Å². The van der Waals surface area contributed by atoms with E-state index in [1.165, 1.54) is 11.8 Å². The molecule has 0 unspecified atom stereocenters. The van der Waals surface area contributed by atoms with Crippen LogP contribution in [0.15, 0.2) is 33.7 Å². The topological polar surface area (TPSA) is 186 Å². The number of carbonyl (C=O) groups excluding carboxylic acids is 1. The lowest BCUT2D eigenvalue weighted by Gasteiger charge is -2.20. The standard InChI is InChI=1S/C27H26N4O10S3/c1-4-39-21(36)10-29-14-6-15-16(41-11-40-15)7-17(14)43-18(29)5-13(12(2)3)22-25(37)30(8-19(32)33)24(28-22)23-26(38)31(9-20(34)35)27(42)44-23/h5-7,37-38H,4,8-11H2,1-3H3,(H,32,33)(H,34,35). The number of hydrogen-bond donors (Lipinski definition) is 4. The molecule has 5 rings (SSSR count). The Morgan fingerprint density at radius 3 is 2.34 bits per heavy atom. The average molecular weight is 663 g/mol. The van der Waals surface area contributed by atoms with Crippen molar-refractivity contribution in [2.75, 3.05) is 24.8 Å². The van der Waals surface area contributed by atoms with Crippen molar-refractivity contribution in [3.8, 4) is 34.0 Å².